The van der Waals surface area contributed by atoms with Crippen molar-refractivity contribution in [3.63, 3.8) is 0 Å². The van der Waals surface area contributed by atoms with Gasteiger partial charge in [-0.15, -0.1) is 0 Å². The Morgan fingerprint density at radius 1 is 1.64 bits per heavy atom. The summed E-state index contributed by atoms with van der Waals surface area (Å²) in [6.45, 7) is 0. The second-order valence-electron chi connectivity index (χ2n) is 1.99. The van der Waals surface area contributed by atoms with Crippen LogP contribution < -0.4 is 5.73 Å². The van der Waals surface area contributed by atoms with Gasteiger partial charge in [-0.3, -0.25) is 4.79 Å². The van der Waals surface area contributed by atoms with E-state index in [4.69, 9.17) is 11.0 Å². The van der Waals surface area contributed by atoms with Crippen molar-refractivity contribution in [1.82, 2.24) is 0 Å². The molecule has 2 N–H and O–H groups in total. The summed E-state index contributed by atoms with van der Waals surface area (Å²) >= 11 is 0. The van der Waals surface area contributed by atoms with E-state index >= 15 is 0 Å². The van der Waals surface area contributed by atoms with Crippen LogP contribution in [0.4, 0.5) is 0 Å². The highest BCUT2D eigenvalue weighted by Crippen LogP contribution is 2.01. The Morgan fingerprint density at radius 2 is 2.36 bits per heavy atom. The molecule has 3 nitrogen and oxygen atoms in total. The summed E-state index contributed by atoms with van der Waals surface area (Å²) in [6.07, 6.45) is 0. The molecule has 0 spiro atoms. The van der Waals surface area contributed by atoms with Crippen LogP contribution in [0.5, 0.6) is 0 Å². The Labute approximate surface area is 64.1 Å². The number of nitriles is 1. The first-order chi connectivity index (χ1) is 5.24. The lowest BCUT2D eigenvalue weighted by atomic mass is 10.1. The topological polar surface area (TPSA) is 66.9 Å². The van der Waals surface area contributed by atoms with Crippen molar-refractivity contribution < 1.29 is 4.79 Å². The molecule has 0 fully saturated rings. The Hall–Kier alpha value is -1.82. The fourth-order valence-corrected chi connectivity index (χ4v) is 0.679. The quantitative estimate of drug-likeness (QED) is 0.623. The molecule has 0 saturated heterocycles. The molecule has 0 unspecified atom stereocenters. The molecule has 11 heavy (non-hydrogen) atoms. The van der Waals surface area contributed by atoms with E-state index in [2.05, 4.69) is 6.07 Å². The Morgan fingerprint density at radius 3 is 2.91 bits per heavy atom. The van der Waals surface area contributed by atoms with E-state index in [0.717, 1.165) is 0 Å². The molecule has 1 aromatic carbocycles. The van der Waals surface area contributed by atoms with Crippen LogP contribution in [-0.2, 0) is 0 Å². The zero-order valence-corrected chi connectivity index (χ0v) is 5.66. The van der Waals surface area contributed by atoms with E-state index < -0.39 is 5.91 Å². The summed E-state index contributed by atoms with van der Waals surface area (Å²) in [7, 11) is 0. The van der Waals surface area contributed by atoms with E-state index in [1.807, 2.05) is 6.07 Å². The first-order valence-corrected chi connectivity index (χ1v) is 2.95. The fourth-order valence-electron chi connectivity index (χ4n) is 0.679. The standard InChI is InChI=1S/C8H5N2O/c9-5-6-2-1-3-7(4-6)8(10)11/h2-4H,(H2,10,11). The molecule has 0 bridgehead atoms. The molecule has 0 aliphatic carbocycles. The van der Waals surface area contributed by atoms with E-state index in [1.54, 1.807) is 0 Å². The monoisotopic (exact) mass is 145 g/mol. The van der Waals surface area contributed by atoms with Gasteiger partial charge >= 0.3 is 0 Å². The normalized spacial score (nSPS) is 8.64. The second-order valence-corrected chi connectivity index (χ2v) is 1.99. The zero-order chi connectivity index (χ0) is 8.27. The van der Waals surface area contributed by atoms with Gasteiger partial charge < -0.3 is 5.73 Å². The molecule has 0 saturated carbocycles. The third-order valence-corrected chi connectivity index (χ3v) is 1.20. The number of nitrogens with two attached hydrogens (primary N) is 1. The number of nitrogens with zero attached hydrogens (tertiary/aromatic N) is 1. The molecule has 1 radical (unpaired) electrons. The predicted molar refractivity (Wildman–Crippen MR) is 38.5 cm³/mol. The van der Waals surface area contributed by atoms with Gasteiger partial charge in [-0.1, -0.05) is 0 Å². The maximum absolute atomic E-state index is 10.6. The third kappa shape index (κ3) is 1.55. The first-order valence-electron chi connectivity index (χ1n) is 2.95. The number of rotatable bonds is 1. The van der Waals surface area contributed by atoms with Crippen LogP contribution >= 0.6 is 0 Å². The van der Waals surface area contributed by atoms with Gasteiger partial charge in [0, 0.05) is 5.56 Å². The number of primary amides is 1. The SMILES string of the molecule is N#Cc1c[c]cc(C(N)=O)c1. The van der Waals surface area contributed by atoms with Gasteiger partial charge in [0.15, 0.2) is 0 Å². The van der Waals surface area contributed by atoms with Crippen LogP contribution in [0.2, 0.25) is 0 Å². The highest BCUT2D eigenvalue weighted by Gasteiger charge is 1.99. The minimum Gasteiger partial charge on any atom is -0.366 e. The van der Waals surface area contributed by atoms with E-state index in [9.17, 15) is 4.79 Å². The molecule has 0 aliphatic heterocycles. The number of carbonyl (C=O) groups is 1. The van der Waals surface area contributed by atoms with Crippen molar-refractivity contribution in [3.8, 4) is 6.07 Å². The molecular weight excluding hydrogens is 140 g/mol. The van der Waals surface area contributed by atoms with Crippen LogP contribution in [0, 0.1) is 17.4 Å². The van der Waals surface area contributed by atoms with Gasteiger partial charge in [0.05, 0.1) is 11.6 Å². The van der Waals surface area contributed by atoms with Gasteiger partial charge in [0.1, 0.15) is 0 Å². The van der Waals surface area contributed by atoms with Crippen LogP contribution in [0.25, 0.3) is 0 Å². The largest absolute Gasteiger partial charge is 0.366 e. The lowest BCUT2D eigenvalue weighted by Crippen LogP contribution is -2.10. The van der Waals surface area contributed by atoms with E-state index in [-0.39, 0.29) is 0 Å². The summed E-state index contributed by atoms with van der Waals surface area (Å²) in [5.74, 6) is -0.543. The maximum atomic E-state index is 10.6. The Balaban J connectivity index is 3.13. The molecular formula is C8H5N2O. The van der Waals surface area contributed by atoms with Crippen molar-refractivity contribution in [2.75, 3.05) is 0 Å². The van der Waals surface area contributed by atoms with Gasteiger partial charge in [0.25, 0.3) is 0 Å². The third-order valence-electron chi connectivity index (χ3n) is 1.20. The lowest BCUT2D eigenvalue weighted by molar-refractivity contribution is 0.100. The lowest BCUT2D eigenvalue weighted by Gasteiger charge is -1.92. The number of amides is 1. The van der Waals surface area contributed by atoms with Gasteiger partial charge in [-0.25, -0.2) is 0 Å². The summed E-state index contributed by atoms with van der Waals surface area (Å²) < 4.78 is 0. The molecule has 0 aromatic heterocycles. The predicted octanol–water partition coefficient (Wildman–Crippen LogP) is 0.457. The van der Waals surface area contributed by atoms with Gasteiger partial charge in [-0.05, 0) is 24.3 Å². The van der Waals surface area contributed by atoms with E-state index in [0.29, 0.717) is 11.1 Å². The molecule has 3 heteroatoms. The molecule has 0 aliphatic rings. The fraction of sp³-hybridized carbons (Fsp3) is 0. The van der Waals surface area contributed by atoms with Crippen molar-refractivity contribution in [3.05, 3.63) is 35.4 Å². The Kier molecular flexibility index (Phi) is 1.88. The van der Waals surface area contributed by atoms with Crippen molar-refractivity contribution >= 4 is 5.91 Å². The zero-order valence-electron chi connectivity index (χ0n) is 5.66. The number of hydrogen-bond donors (Lipinski definition) is 1. The van der Waals surface area contributed by atoms with E-state index in [1.165, 1.54) is 18.2 Å². The summed E-state index contributed by atoms with van der Waals surface area (Å²) in [5.41, 5.74) is 5.67. The van der Waals surface area contributed by atoms with Gasteiger partial charge in [0.2, 0.25) is 5.91 Å². The van der Waals surface area contributed by atoms with Crippen molar-refractivity contribution in [2.45, 2.75) is 0 Å². The molecule has 0 heterocycles. The molecule has 53 valence electrons. The average molecular weight is 145 g/mol. The van der Waals surface area contributed by atoms with Crippen LogP contribution in [-0.4, -0.2) is 5.91 Å². The average Bonchev–Trinajstić information content (AvgIpc) is 2.05. The number of carbonyl (C=O) groups excluding carboxylic acids is 1. The van der Waals surface area contributed by atoms with Crippen LogP contribution in [0.3, 0.4) is 0 Å². The molecule has 1 aromatic rings. The summed E-state index contributed by atoms with van der Waals surface area (Å²) in [5, 5.41) is 8.42. The maximum Gasteiger partial charge on any atom is 0.248 e. The smallest absolute Gasteiger partial charge is 0.248 e. The highest BCUT2D eigenvalue weighted by atomic mass is 16.1. The molecule has 1 amide bonds. The van der Waals surface area contributed by atoms with Crippen molar-refractivity contribution in [1.29, 1.82) is 5.26 Å². The van der Waals surface area contributed by atoms with Crippen molar-refractivity contribution in [2.24, 2.45) is 5.73 Å². The van der Waals surface area contributed by atoms with Crippen LogP contribution in [0.15, 0.2) is 18.2 Å². The first kappa shape index (κ1) is 7.29. The molecule has 0 atom stereocenters. The highest BCUT2D eigenvalue weighted by molar-refractivity contribution is 5.92. The minimum atomic E-state index is -0.543. The Bertz CT molecular complexity index is 325. The minimum absolute atomic E-state index is 0.309. The second kappa shape index (κ2) is 2.84. The molecule has 1 rings (SSSR count). The summed E-state index contributed by atoms with van der Waals surface area (Å²) in [4.78, 5) is 10.6. The van der Waals surface area contributed by atoms with Gasteiger partial charge in [-0.2, -0.15) is 5.26 Å². The van der Waals surface area contributed by atoms with Crippen LogP contribution in [0.1, 0.15) is 15.9 Å². The summed E-state index contributed by atoms with van der Waals surface area (Å²) in [6, 6.07) is 8.89. The number of benzene rings is 1. The number of hydrogen-bond acceptors (Lipinski definition) is 2.